The van der Waals surface area contributed by atoms with Crippen molar-refractivity contribution in [2.24, 2.45) is 5.41 Å². The van der Waals surface area contributed by atoms with Crippen LogP contribution < -0.4 is 5.32 Å². The standard InChI is InChI=1S/C17H24N2O3/c20-15-11-14(17(15)6-9-22-10-7-17)19-16(21)5-1-3-13-4-2-8-18-12-13/h2,4,8,12,14-15,20H,1,3,5-7,9-11H2,(H,19,21)/t14-,15-/m1/s1. The van der Waals surface area contributed by atoms with E-state index in [1.807, 2.05) is 18.3 Å². The summed E-state index contributed by atoms with van der Waals surface area (Å²) >= 11 is 0. The van der Waals surface area contributed by atoms with Gasteiger partial charge in [0.25, 0.3) is 0 Å². The van der Waals surface area contributed by atoms with Crippen LogP contribution in [0.4, 0.5) is 0 Å². The van der Waals surface area contributed by atoms with Crippen LogP contribution in [-0.2, 0) is 16.0 Å². The molecule has 2 N–H and O–H groups in total. The van der Waals surface area contributed by atoms with Gasteiger partial charge in [-0.1, -0.05) is 6.07 Å². The minimum atomic E-state index is -0.294. The molecule has 1 saturated heterocycles. The third kappa shape index (κ3) is 3.15. The van der Waals surface area contributed by atoms with E-state index in [2.05, 4.69) is 10.3 Å². The Morgan fingerprint density at radius 1 is 1.45 bits per heavy atom. The molecule has 2 atom stereocenters. The highest BCUT2D eigenvalue weighted by Crippen LogP contribution is 2.48. The number of aryl methyl sites for hydroxylation is 1. The summed E-state index contributed by atoms with van der Waals surface area (Å²) in [4.78, 5) is 16.2. The second-order valence-corrected chi connectivity index (χ2v) is 6.43. The van der Waals surface area contributed by atoms with E-state index >= 15 is 0 Å². The highest BCUT2D eigenvalue weighted by Gasteiger charge is 2.55. The lowest BCUT2D eigenvalue weighted by atomic mass is 9.58. The molecule has 1 aliphatic heterocycles. The first-order valence-corrected chi connectivity index (χ1v) is 8.15. The SMILES string of the molecule is O=C(CCCc1cccnc1)N[C@@H]1C[C@@H](O)C12CCOCC2. The number of rotatable bonds is 5. The number of hydrogen-bond donors (Lipinski definition) is 2. The quantitative estimate of drug-likeness (QED) is 0.864. The predicted octanol–water partition coefficient (Wildman–Crippen LogP) is 1.45. The second kappa shape index (κ2) is 6.75. The first kappa shape index (κ1) is 15.4. The van der Waals surface area contributed by atoms with E-state index in [0.717, 1.165) is 31.2 Å². The maximum absolute atomic E-state index is 12.1. The number of aliphatic hydroxyl groups excluding tert-OH is 1. The average Bonchev–Trinajstić information content (AvgIpc) is 2.56. The Morgan fingerprint density at radius 2 is 2.27 bits per heavy atom. The molecule has 0 radical (unpaired) electrons. The Bertz CT molecular complexity index is 500. The van der Waals surface area contributed by atoms with Gasteiger partial charge < -0.3 is 15.2 Å². The van der Waals surface area contributed by atoms with Crippen molar-refractivity contribution in [1.82, 2.24) is 10.3 Å². The average molecular weight is 304 g/mol. The lowest BCUT2D eigenvalue weighted by Gasteiger charge is -2.55. The summed E-state index contributed by atoms with van der Waals surface area (Å²) < 4.78 is 5.39. The summed E-state index contributed by atoms with van der Waals surface area (Å²) in [5.74, 6) is 0.0895. The Hall–Kier alpha value is -1.46. The maximum atomic E-state index is 12.1. The van der Waals surface area contributed by atoms with E-state index in [9.17, 15) is 9.90 Å². The number of aliphatic hydroxyl groups is 1. The van der Waals surface area contributed by atoms with Gasteiger partial charge in [-0.2, -0.15) is 0 Å². The first-order valence-electron chi connectivity index (χ1n) is 8.15. The number of nitrogens with one attached hydrogen (secondary N) is 1. The number of nitrogens with zero attached hydrogens (tertiary/aromatic N) is 1. The summed E-state index contributed by atoms with van der Waals surface area (Å²) in [6.07, 6.45) is 7.88. The van der Waals surface area contributed by atoms with E-state index in [1.165, 1.54) is 0 Å². The van der Waals surface area contributed by atoms with Gasteiger partial charge in [-0.3, -0.25) is 9.78 Å². The molecule has 1 aliphatic carbocycles. The zero-order valence-corrected chi connectivity index (χ0v) is 12.8. The van der Waals surface area contributed by atoms with Crippen LogP contribution in [-0.4, -0.2) is 41.4 Å². The number of carbonyl (C=O) groups is 1. The van der Waals surface area contributed by atoms with Crippen LogP contribution in [0.1, 0.15) is 37.7 Å². The fourth-order valence-corrected chi connectivity index (χ4v) is 3.67. The number of amides is 1. The minimum Gasteiger partial charge on any atom is -0.392 e. The lowest BCUT2D eigenvalue weighted by molar-refractivity contribution is -0.156. The molecular formula is C17H24N2O3. The van der Waals surface area contributed by atoms with Crippen LogP contribution in [0.15, 0.2) is 24.5 Å². The van der Waals surface area contributed by atoms with Crippen molar-refractivity contribution in [2.45, 2.75) is 50.7 Å². The topological polar surface area (TPSA) is 71.5 Å². The molecule has 22 heavy (non-hydrogen) atoms. The van der Waals surface area contributed by atoms with Gasteiger partial charge in [-0.05, 0) is 43.7 Å². The van der Waals surface area contributed by atoms with E-state index in [-0.39, 0.29) is 23.5 Å². The summed E-state index contributed by atoms with van der Waals surface area (Å²) in [6, 6.07) is 4.06. The summed E-state index contributed by atoms with van der Waals surface area (Å²) in [7, 11) is 0. The fraction of sp³-hybridized carbons (Fsp3) is 0.647. The molecule has 1 aromatic heterocycles. The van der Waals surface area contributed by atoms with Gasteiger partial charge in [0.2, 0.25) is 5.91 Å². The van der Waals surface area contributed by atoms with Crippen LogP contribution >= 0.6 is 0 Å². The molecule has 0 aromatic carbocycles. The normalized spacial score (nSPS) is 26.4. The van der Waals surface area contributed by atoms with Crippen molar-refractivity contribution in [3.05, 3.63) is 30.1 Å². The molecule has 0 unspecified atom stereocenters. The predicted molar refractivity (Wildman–Crippen MR) is 82.2 cm³/mol. The van der Waals surface area contributed by atoms with Crippen LogP contribution in [0.2, 0.25) is 0 Å². The third-order valence-corrected chi connectivity index (χ3v) is 5.17. The minimum absolute atomic E-state index is 0.0895. The van der Waals surface area contributed by atoms with Crippen LogP contribution in [0, 0.1) is 5.41 Å². The summed E-state index contributed by atoms with van der Waals surface area (Å²) in [5, 5.41) is 13.2. The summed E-state index contributed by atoms with van der Waals surface area (Å²) in [6.45, 7) is 1.37. The molecule has 2 aliphatic rings. The molecule has 5 heteroatoms. The van der Waals surface area contributed by atoms with E-state index < -0.39 is 0 Å². The van der Waals surface area contributed by atoms with Crippen molar-refractivity contribution in [1.29, 1.82) is 0 Å². The highest BCUT2D eigenvalue weighted by molar-refractivity contribution is 5.76. The van der Waals surface area contributed by atoms with Crippen molar-refractivity contribution in [3.8, 4) is 0 Å². The highest BCUT2D eigenvalue weighted by atomic mass is 16.5. The molecule has 1 aromatic rings. The molecular weight excluding hydrogens is 280 g/mol. The number of ether oxygens (including phenoxy) is 1. The Kier molecular flexibility index (Phi) is 4.74. The van der Waals surface area contributed by atoms with E-state index in [4.69, 9.17) is 4.74 Å². The van der Waals surface area contributed by atoms with Crippen molar-refractivity contribution in [3.63, 3.8) is 0 Å². The van der Waals surface area contributed by atoms with Crippen molar-refractivity contribution in [2.75, 3.05) is 13.2 Å². The maximum Gasteiger partial charge on any atom is 0.220 e. The monoisotopic (exact) mass is 304 g/mol. The van der Waals surface area contributed by atoms with Crippen LogP contribution in [0.3, 0.4) is 0 Å². The molecule has 1 amide bonds. The van der Waals surface area contributed by atoms with Gasteiger partial charge in [0, 0.05) is 43.5 Å². The number of carbonyl (C=O) groups excluding carboxylic acids is 1. The van der Waals surface area contributed by atoms with Gasteiger partial charge >= 0.3 is 0 Å². The van der Waals surface area contributed by atoms with Gasteiger partial charge in [0.1, 0.15) is 0 Å². The first-order chi connectivity index (χ1) is 10.7. The van der Waals surface area contributed by atoms with Crippen molar-refractivity contribution < 1.29 is 14.6 Å². The van der Waals surface area contributed by atoms with Crippen LogP contribution in [0.5, 0.6) is 0 Å². The Balaban J connectivity index is 1.44. The molecule has 0 bridgehead atoms. The largest absolute Gasteiger partial charge is 0.392 e. The second-order valence-electron chi connectivity index (χ2n) is 6.43. The van der Waals surface area contributed by atoms with E-state index in [1.54, 1.807) is 6.20 Å². The Labute approximate surface area is 131 Å². The van der Waals surface area contributed by atoms with Gasteiger partial charge in [0.05, 0.1) is 6.10 Å². The zero-order chi connectivity index (χ0) is 15.4. The number of pyridine rings is 1. The molecule has 1 saturated carbocycles. The molecule has 5 nitrogen and oxygen atoms in total. The third-order valence-electron chi connectivity index (χ3n) is 5.17. The fourth-order valence-electron chi connectivity index (χ4n) is 3.67. The van der Waals surface area contributed by atoms with E-state index in [0.29, 0.717) is 26.1 Å². The number of hydrogen-bond acceptors (Lipinski definition) is 4. The lowest BCUT2D eigenvalue weighted by Crippen LogP contribution is -2.65. The summed E-state index contributed by atoms with van der Waals surface area (Å²) in [5.41, 5.74) is 1.02. The smallest absolute Gasteiger partial charge is 0.220 e. The molecule has 2 heterocycles. The van der Waals surface area contributed by atoms with Gasteiger partial charge in [-0.25, -0.2) is 0 Å². The molecule has 2 fully saturated rings. The Morgan fingerprint density at radius 3 is 2.95 bits per heavy atom. The zero-order valence-electron chi connectivity index (χ0n) is 12.8. The molecule has 120 valence electrons. The van der Waals surface area contributed by atoms with Crippen molar-refractivity contribution >= 4 is 5.91 Å². The molecule has 3 rings (SSSR count). The van der Waals surface area contributed by atoms with Crippen LogP contribution in [0.25, 0.3) is 0 Å². The van der Waals surface area contributed by atoms with Gasteiger partial charge in [0.15, 0.2) is 0 Å². The number of aromatic nitrogens is 1. The van der Waals surface area contributed by atoms with Gasteiger partial charge in [-0.15, -0.1) is 0 Å². The molecule has 1 spiro atoms.